The van der Waals surface area contributed by atoms with Gasteiger partial charge in [-0.25, -0.2) is 0 Å². The highest BCUT2D eigenvalue weighted by Gasteiger charge is 2.42. The van der Waals surface area contributed by atoms with Crippen molar-refractivity contribution in [1.29, 1.82) is 0 Å². The van der Waals surface area contributed by atoms with E-state index in [1.807, 2.05) is 12.1 Å². The molecule has 0 amide bonds. The molecule has 0 aliphatic carbocycles. The fraction of sp³-hybridized carbons (Fsp3) is 0.462. The summed E-state index contributed by atoms with van der Waals surface area (Å²) in [4.78, 5) is 0. The van der Waals surface area contributed by atoms with Crippen LogP contribution in [0.3, 0.4) is 0 Å². The molecule has 0 fully saturated rings. The van der Waals surface area contributed by atoms with Crippen LogP contribution in [-0.2, 0) is 5.41 Å². The van der Waals surface area contributed by atoms with Gasteiger partial charge in [0.2, 0.25) is 5.69 Å². The highest BCUT2D eigenvalue weighted by atomic mass is 127. The Morgan fingerprint density at radius 3 is 2.50 bits per heavy atom. The quantitative estimate of drug-likeness (QED) is 0.560. The Morgan fingerprint density at radius 2 is 1.94 bits per heavy atom. The van der Waals surface area contributed by atoms with Crippen molar-refractivity contribution in [3.05, 3.63) is 23.8 Å². The standard InChI is InChI=1S/C13H17NO.HI/c1-5-14-9(2)13(3,4)11-8-10(15)6-7-12(11)14;/h6-8H,5H2,1-4H3;1H. The van der Waals surface area contributed by atoms with E-state index in [-0.39, 0.29) is 29.4 Å². The Morgan fingerprint density at radius 1 is 1.31 bits per heavy atom. The molecule has 16 heavy (non-hydrogen) atoms. The summed E-state index contributed by atoms with van der Waals surface area (Å²) in [6, 6.07) is 5.65. The van der Waals surface area contributed by atoms with E-state index in [4.69, 9.17) is 0 Å². The van der Waals surface area contributed by atoms with Crippen LogP contribution in [0.25, 0.3) is 0 Å². The third kappa shape index (κ3) is 1.75. The molecule has 1 aromatic carbocycles. The van der Waals surface area contributed by atoms with Crippen molar-refractivity contribution in [3.63, 3.8) is 0 Å². The van der Waals surface area contributed by atoms with Crippen LogP contribution in [0.4, 0.5) is 5.69 Å². The normalized spacial score (nSPS) is 17.0. The molecule has 0 spiro atoms. The van der Waals surface area contributed by atoms with Gasteiger partial charge in [0.25, 0.3) is 0 Å². The fourth-order valence-electron chi connectivity index (χ4n) is 2.38. The highest BCUT2D eigenvalue weighted by molar-refractivity contribution is 5.93. The molecule has 1 N–H and O–H groups in total. The molecule has 0 unspecified atom stereocenters. The molecule has 0 bridgehead atoms. The molecule has 3 heteroatoms. The number of phenolic OH excluding ortho intramolecular Hbond substituents is 1. The largest absolute Gasteiger partial charge is 1.00 e. The first-order chi connectivity index (χ1) is 6.98. The number of fused-ring (bicyclic) bond motifs is 1. The number of aromatic hydroxyl groups is 1. The van der Waals surface area contributed by atoms with Crippen molar-refractivity contribution in [2.75, 3.05) is 6.54 Å². The second kappa shape index (κ2) is 4.35. The lowest BCUT2D eigenvalue weighted by atomic mass is 9.82. The number of halogens is 1. The summed E-state index contributed by atoms with van der Waals surface area (Å²) in [7, 11) is 0. The van der Waals surface area contributed by atoms with Gasteiger partial charge in [-0.2, -0.15) is 4.58 Å². The summed E-state index contributed by atoms with van der Waals surface area (Å²) < 4.78 is 2.31. The Labute approximate surface area is 114 Å². The minimum Gasteiger partial charge on any atom is -1.00 e. The van der Waals surface area contributed by atoms with Crippen molar-refractivity contribution in [3.8, 4) is 5.75 Å². The van der Waals surface area contributed by atoms with Gasteiger partial charge >= 0.3 is 0 Å². The smallest absolute Gasteiger partial charge is 0.209 e. The molecule has 0 radical (unpaired) electrons. The summed E-state index contributed by atoms with van der Waals surface area (Å²) in [6.45, 7) is 9.71. The average Bonchev–Trinajstić information content (AvgIpc) is 2.37. The monoisotopic (exact) mass is 331 g/mol. The number of hydrogen-bond acceptors (Lipinski definition) is 1. The SMILES string of the molecule is CC[N+]1=C(C)C(C)(C)c2cc(O)ccc21.[I-]. The van der Waals surface area contributed by atoms with E-state index in [2.05, 4.69) is 32.3 Å². The zero-order valence-corrected chi connectivity index (χ0v) is 12.4. The first-order valence-electron chi connectivity index (χ1n) is 5.43. The lowest BCUT2D eigenvalue weighted by molar-refractivity contribution is -0.434. The van der Waals surface area contributed by atoms with Crippen LogP contribution in [0.15, 0.2) is 18.2 Å². The summed E-state index contributed by atoms with van der Waals surface area (Å²) >= 11 is 0. The molecule has 0 saturated heterocycles. The van der Waals surface area contributed by atoms with E-state index in [1.165, 1.54) is 17.0 Å². The number of nitrogens with zero attached hydrogens (tertiary/aromatic N) is 1. The van der Waals surface area contributed by atoms with Gasteiger partial charge in [-0.1, -0.05) is 0 Å². The lowest BCUT2D eigenvalue weighted by Crippen LogP contribution is -3.00. The second-order valence-electron chi connectivity index (χ2n) is 4.66. The maximum absolute atomic E-state index is 9.55. The third-order valence-electron chi connectivity index (χ3n) is 3.57. The second-order valence-corrected chi connectivity index (χ2v) is 4.66. The van der Waals surface area contributed by atoms with Crippen molar-refractivity contribution >= 4 is 11.4 Å². The summed E-state index contributed by atoms with van der Waals surface area (Å²) in [6.07, 6.45) is 0. The molecule has 1 aliphatic heterocycles. The van der Waals surface area contributed by atoms with Gasteiger partial charge in [0.05, 0.1) is 5.41 Å². The minimum atomic E-state index is 0. The number of rotatable bonds is 1. The molecule has 0 saturated carbocycles. The Balaban J connectivity index is 0.00000128. The lowest BCUT2D eigenvalue weighted by Gasteiger charge is -2.14. The molecule has 88 valence electrons. The first-order valence-corrected chi connectivity index (χ1v) is 5.43. The van der Waals surface area contributed by atoms with Crippen molar-refractivity contribution in [2.24, 2.45) is 0 Å². The first kappa shape index (κ1) is 13.5. The van der Waals surface area contributed by atoms with Gasteiger partial charge in [-0.15, -0.1) is 0 Å². The molecule has 0 aromatic heterocycles. The molecule has 2 rings (SSSR count). The van der Waals surface area contributed by atoms with E-state index < -0.39 is 0 Å². The Kier molecular flexibility index (Phi) is 3.67. The molecular weight excluding hydrogens is 313 g/mol. The zero-order chi connectivity index (χ0) is 11.2. The fourth-order valence-corrected chi connectivity index (χ4v) is 2.38. The van der Waals surface area contributed by atoms with E-state index in [9.17, 15) is 5.11 Å². The van der Waals surface area contributed by atoms with E-state index >= 15 is 0 Å². The van der Waals surface area contributed by atoms with Gasteiger partial charge in [-0.3, -0.25) is 0 Å². The van der Waals surface area contributed by atoms with Crippen molar-refractivity contribution in [1.82, 2.24) is 0 Å². The minimum absolute atomic E-state index is 0. The third-order valence-corrected chi connectivity index (χ3v) is 3.57. The van der Waals surface area contributed by atoms with Gasteiger partial charge in [0.1, 0.15) is 12.3 Å². The summed E-state index contributed by atoms with van der Waals surface area (Å²) in [5.74, 6) is 0.354. The summed E-state index contributed by atoms with van der Waals surface area (Å²) in [5.41, 5.74) is 3.84. The zero-order valence-electron chi connectivity index (χ0n) is 10.2. The molecular formula is C13H18INO. The van der Waals surface area contributed by atoms with Crippen molar-refractivity contribution < 1.29 is 33.7 Å². The molecule has 1 aliphatic rings. The molecule has 1 aromatic rings. The predicted octanol–water partition coefficient (Wildman–Crippen LogP) is -0.188. The van der Waals surface area contributed by atoms with Crippen LogP contribution in [0, 0.1) is 0 Å². The number of benzene rings is 1. The van der Waals surface area contributed by atoms with Crippen LogP contribution in [0.2, 0.25) is 0 Å². The van der Waals surface area contributed by atoms with Crippen LogP contribution < -0.4 is 24.0 Å². The van der Waals surface area contributed by atoms with Crippen LogP contribution >= 0.6 is 0 Å². The number of phenols is 1. The maximum Gasteiger partial charge on any atom is 0.209 e. The van der Waals surface area contributed by atoms with Crippen LogP contribution in [0.1, 0.15) is 33.3 Å². The molecule has 0 atom stereocenters. The average molecular weight is 331 g/mol. The van der Waals surface area contributed by atoms with E-state index in [0.29, 0.717) is 5.75 Å². The molecule has 1 heterocycles. The summed E-state index contributed by atoms with van der Waals surface area (Å²) in [5, 5.41) is 9.55. The van der Waals surface area contributed by atoms with Gasteiger partial charge in [0.15, 0.2) is 5.71 Å². The number of hydrogen-bond donors (Lipinski definition) is 1. The van der Waals surface area contributed by atoms with Crippen molar-refractivity contribution in [2.45, 2.75) is 33.1 Å². The highest BCUT2D eigenvalue weighted by Crippen LogP contribution is 2.40. The maximum atomic E-state index is 9.55. The Bertz CT molecular complexity index is 449. The molecule has 2 nitrogen and oxygen atoms in total. The van der Waals surface area contributed by atoms with Gasteiger partial charge in [0, 0.05) is 18.6 Å². The Hall–Kier alpha value is -0.580. The van der Waals surface area contributed by atoms with Gasteiger partial charge < -0.3 is 29.1 Å². The topological polar surface area (TPSA) is 23.2 Å². The van der Waals surface area contributed by atoms with Crippen LogP contribution in [-0.4, -0.2) is 21.9 Å². The van der Waals surface area contributed by atoms with Crippen LogP contribution in [0.5, 0.6) is 5.75 Å². The van der Waals surface area contributed by atoms with E-state index in [1.54, 1.807) is 6.07 Å². The predicted molar refractivity (Wildman–Crippen MR) is 62.3 cm³/mol. The van der Waals surface area contributed by atoms with E-state index in [0.717, 1.165) is 6.54 Å². The van der Waals surface area contributed by atoms with Gasteiger partial charge in [-0.05, 0) is 32.9 Å².